The van der Waals surface area contributed by atoms with Crippen LogP contribution in [-0.4, -0.2) is 12.7 Å². The summed E-state index contributed by atoms with van der Waals surface area (Å²) in [5, 5.41) is 0.610. The Bertz CT molecular complexity index is 753. The van der Waals surface area contributed by atoms with Crippen LogP contribution in [0, 0.1) is 0 Å². The van der Waals surface area contributed by atoms with Gasteiger partial charge >= 0.3 is 6.09 Å². The lowest BCUT2D eigenvalue weighted by Gasteiger charge is -2.32. The van der Waals surface area contributed by atoms with Crippen molar-refractivity contribution in [2.24, 2.45) is 5.73 Å². The van der Waals surface area contributed by atoms with E-state index < -0.39 is 11.7 Å². The van der Waals surface area contributed by atoms with E-state index in [0.29, 0.717) is 10.8 Å². The molecule has 1 aliphatic heterocycles. The molecule has 1 aliphatic rings. The van der Waals surface area contributed by atoms with Gasteiger partial charge in [-0.1, -0.05) is 48.9 Å². The molecule has 23 heavy (non-hydrogen) atoms. The summed E-state index contributed by atoms with van der Waals surface area (Å²) in [6, 6.07) is 13.3. The van der Waals surface area contributed by atoms with E-state index in [1.54, 1.807) is 6.07 Å². The van der Waals surface area contributed by atoms with Gasteiger partial charge < -0.3 is 15.2 Å². The summed E-state index contributed by atoms with van der Waals surface area (Å²) in [5.41, 5.74) is 6.19. The van der Waals surface area contributed by atoms with Gasteiger partial charge in [0.05, 0.1) is 5.02 Å². The second kappa shape index (κ2) is 6.06. The molecule has 2 aromatic carbocycles. The number of primary amides is 1. The summed E-state index contributed by atoms with van der Waals surface area (Å²) in [7, 11) is 0. The third kappa shape index (κ3) is 2.68. The van der Waals surface area contributed by atoms with Crippen molar-refractivity contribution in [3.05, 3.63) is 63.1 Å². The number of carbonyl (C=O) groups excluding carboxylic acids is 1. The summed E-state index contributed by atoms with van der Waals surface area (Å²) >= 11 is 9.75. The minimum Gasteiger partial charge on any atom is -0.478 e. The fraction of sp³-hybridized carbons (Fsp3) is 0.235. The molecule has 0 aliphatic carbocycles. The number of hydrogen-bond acceptors (Lipinski definition) is 3. The van der Waals surface area contributed by atoms with Crippen LogP contribution in [0.1, 0.15) is 24.0 Å². The molecule has 0 spiro atoms. The monoisotopic (exact) mass is 395 g/mol. The second-order valence-electron chi connectivity index (χ2n) is 5.46. The Morgan fingerprint density at radius 1 is 1.35 bits per heavy atom. The van der Waals surface area contributed by atoms with Gasteiger partial charge in [0.1, 0.15) is 12.4 Å². The molecule has 0 bridgehead atoms. The van der Waals surface area contributed by atoms with Crippen LogP contribution in [0.5, 0.6) is 5.75 Å². The lowest BCUT2D eigenvalue weighted by Crippen LogP contribution is -2.40. The average molecular weight is 397 g/mol. The van der Waals surface area contributed by atoms with E-state index in [0.717, 1.165) is 15.6 Å². The number of benzene rings is 2. The van der Waals surface area contributed by atoms with Crippen molar-refractivity contribution in [1.29, 1.82) is 0 Å². The van der Waals surface area contributed by atoms with Crippen molar-refractivity contribution < 1.29 is 14.3 Å². The Labute approximate surface area is 147 Å². The molecule has 6 heteroatoms. The number of hydrogen-bond donors (Lipinski definition) is 1. The predicted octanol–water partition coefficient (Wildman–Crippen LogP) is 4.59. The Morgan fingerprint density at radius 2 is 2.04 bits per heavy atom. The van der Waals surface area contributed by atoms with Gasteiger partial charge in [-0.3, -0.25) is 0 Å². The van der Waals surface area contributed by atoms with E-state index in [2.05, 4.69) is 15.9 Å². The molecular formula is C17H15BrClNO3. The number of rotatable bonds is 3. The topological polar surface area (TPSA) is 61.6 Å². The maximum Gasteiger partial charge on any atom is 0.404 e. The van der Waals surface area contributed by atoms with Crippen LogP contribution in [0.2, 0.25) is 5.02 Å². The van der Waals surface area contributed by atoms with Gasteiger partial charge in [0.25, 0.3) is 0 Å². The molecule has 0 saturated carbocycles. The standard InChI is InChI=1S/C17H15BrClNO3/c1-10-14-13(8-7-12(19)15(14)18)23-17(10,9-22-16(20)21)11-5-3-2-4-6-11/h2-8,10H,9H2,1H3,(H2,20,21)/t10-,17-/m1/s1. The number of ether oxygens (including phenoxy) is 2. The van der Waals surface area contributed by atoms with Crippen molar-refractivity contribution in [3.63, 3.8) is 0 Å². The maximum atomic E-state index is 11.1. The molecule has 4 nitrogen and oxygen atoms in total. The van der Waals surface area contributed by atoms with Gasteiger partial charge in [-0.25, -0.2) is 4.79 Å². The van der Waals surface area contributed by atoms with Gasteiger partial charge in [-0.2, -0.15) is 0 Å². The van der Waals surface area contributed by atoms with Crippen molar-refractivity contribution >= 4 is 33.6 Å². The Kier molecular flexibility index (Phi) is 4.25. The molecule has 3 rings (SSSR count). The first kappa shape index (κ1) is 16.1. The van der Waals surface area contributed by atoms with Crippen molar-refractivity contribution in [2.75, 3.05) is 6.61 Å². The number of fused-ring (bicyclic) bond motifs is 1. The van der Waals surface area contributed by atoms with Gasteiger partial charge in [0.2, 0.25) is 0 Å². The van der Waals surface area contributed by atoms with Gasteiger partial charge in [0.15, 0.2) is 5.60 Å². The quantitative estimate of drug-likeness (QED) is 0.825. The summed E-state index contributed by atoms with van der Waals surface area (Å²) < 4.78 is 12.2. The molecule has 0 unspecified atom stereocenters. The average Bonchev–Trinajstić information content (AvgIpc) is 2.84. The van der Waals surface area contributed by atoms with Gasteiger partial charge in [-0.05, 0) is 33.6 Å². The maximum absolute atomic E-state index is 11.1. The molecule has 2 atom stereocenters. The Morgan fingerprint density at radius 3 is 2.70 bits per heavy atom. The van der Waals surface area contributed by atoms with E-state index in [4.69, 9.17) is 26.8 Å². The van der Waals surface area contributed by atoms with Crippen LogP contribution in [0.4, 0.5) is 4.79 Å². The Hall–Kier alpha value is -1.72. The van der Waals surface area contributed by atoms with E-state index >= 15 is 0 Å². The first-order chi connectivity index (χ1) is 11.0. The lowest BCUT2D eigenvalue weighted by atomic mass is 9.81. The molecule has 2 aromatic rings. The lowest BCUT2D eigenvalue weighted by molar-refractivity contribution is -0.000399. The zero-order valence-corrected chi connectivity index (χ0v) is 14.7. The summed E-state index contributed by atoms with van der Waals surface area (Å²) in [6.45, 7) is 2.04. The fourth-order valence-corrected chi connectivity index (χ4v) is 3.84. The first-order valence-electron chi connectivity index (χ1n) is 7.10. The van der Waals surface area contributed by atoms with Crippen LogP contribution >= 0.6 is 27.5 Å². The highest BCUT2D eigenvalue weighted by Gasteiger charge is 2.49. The summed E-state index contributed by atoms with van der Waals surface area (Å²) in [4.78, 5) is 11.1. The summed E-state index contributed by atoms with van der Waals surface area (Å²) in [5.74, 6) is 0.623. The van der Waals surface area contributed by atoms with E-state index in [1.165, 1.54) is 0 Å². The molecule has 0 radical (unpaired) electrons. The molecule has 0 fully saturated rings. The molecule has 1 heterocycles. The van der Waals surface area contributed by atoms with Gasteiger partial charge in [0, 0.05) is 16.0 Å². The molecule has 0 saturated heterocycles. The zero-order valence-electron chi connectivity index (χ0n) is 12.4. The minimum atomic E-state index is -0.841. The van der Waals surface area contributed by atoms with Crippen molar-refractivity contribution in [3.8, 4) is 5.75 Å². The van der Waals surface area contributed by atoms with E-state index in [1.807, 2.05) is 43.3 Å². The normalized spacial score (nSPS) is 22.3. The highest BCUT2D eigenvalue weighted by molar-refractivity contribution is 9.10. The van der Waals surface area contributed by atoms with Crippen molar-refractivity contribution in [2.45, 2.75) is 18.4 Å². The Balaban J connectivity index is 2.11. The molecular weight excluding hydrogens is 382 g/mol. The molecule has 2 N–H and O–H groups in total. The molecule has 120 valence electrons. The smallest absolute Gasteiger partial charge is 0.404 e. The fourth-order valence-electron chi connectivity index (χ4n) is 3.00. The molecule has 0 aromatic heterocycles. The van der Waals surface area contributed by atoms with Crippen LogP contribution < -0.4 is 10.5 Å². The van der Waals surface area contributed by atoms with E-state index in [-0.39, 0.29) is 12.5 Å². The number of amides is 1. The van der Waals surface area contributed by atoms with E-state index in [9.17, 15) is 4.79 Å². The second-order valence-corrected chi connectivity index (χ2v) is 6.66. The van der Waals surface area contributed by atoms with Gasteiger partial charge in [-0.15, -0.1) is 0 Å². The minimum absolute atomic E-state index is 0.0201. The highest BCUT2D eigenvalue weighted by Crippen LogP contribution is 2.54. The SMILES string of the molecule is C[C@@H]1c2c(ccc(Cl)c2Br)O[C@@]1(COC(N)=O)c1ccccc1. The number of nitrogens with two attached hydrogens (primary N) is 1. The predicted molar refractivity (Wildman–Crippen MR) is 91.9 cm³/mol. The third-order valence-electron chi connectivity index (χ3n) is 4.21. The summed E-state index contributed by atoms with van der Waals surface area (Å²) in [6.07, 6.45) is -0.829. The first-order valence-corrected chi connectivity index (χ1v) is 8.27. The van der Waals surface area contributed by atoms with Crippen LogP contribution in [0.15, 0.2) is 46.9 Å². The van der Waals surface area contributed by atoms with Crippen LogP contribution in [0.3, 0.4) is 0 Å². The third-order valence-corrected chi connectivity index (χ3v) is 5.61. The number of carbonyl (C=O) groups is 1. The molecule has 1 amide bonds. The largest absolute Gasteiger partial charge is 0.478 e. The van der Waals surface area contributed by atoms with Crippen LogP contribution in [0.25, 0.3) is 0 Å². The number of halogens is 2. The van der Waals surface area contributed by atoms with Crippen molar-refractivity contribution in [1.82, 2.24) is 0 Å². The zero-order chi connectivity index (χ0) is 16.6. The van der Waals surface area contributed by atoms with Crippen LogP contribution in [-0.2, 0) is 10.3 Å². The highest BCUT2D eigenvalue weighted by atomic mass is 79.9.